The second kappa shape index (κ2) is 4.40. The Morgan fingerprint density at radius 1 is 1.53 bits per heavy atom. The third-order valence-electron chi connectivity index (χ3n) is 3.36. The van der Waals surface area contributed by atoms with Crippen LogP contribution in [0, 0.1) is 5.41 Å². The molecule has 1 aliphatic carbocycles. The highest BCUT2D eigenvalue weighted by molar-refractivity contribution is 5.92. The molecule has 1 fully saturated rings. The third kappa shape index (κ3) is 2.99. The van der Waals surface area contributed by atoms with Crippen molar-refractivity contribution in [3.8, 4) is 0 Å². The zero-order valence-corrected chi connectivity index (χ0v) is 10.8. The second-order valence-electron chi connectivity index (χ2n) is 5.40. The van der Waals surface area contributed by atoms with E-state index in [1.807, 2.05) is 12.1 Å². The standard InChI is InChI=1S/C14H21N3/c1-4-10-6-5-7-11(8-10)16-13(15)17-12-9-14(12,2)3/h5-8,12H,4,9H2,1-3H3,(H3,15,16,17)/t12-/m0/s1. The van der Waals surface area contributed by atoms with Crippen molar-refractivity contribution in [1.82, 2.24) is 0 Å². The summed E-state index contributed by atoms with van der Waals surface area (Å²) in [7, 11) is 0. The molecule has 0 aromatic heterocycles. The highest BCUT2D eigenvalue weighted by atomic mass is 15.1. The summed E-state index contributed by atoms with van der Waals surface area (Å²) in [6.45, 7) is 6.57. The van der Waals surface area contributed by atoms with Gasteiger partial charge in [-0.2, -0.15) is 0 Å². The van der Waals surface area contributed by atoms with Crippen LogP contribution in [0.4, 0.5) is 5.69 Å². The number of anilines is 1. The third-order valence-corrected chi connectivity index (χ3v) is 3.36. The molecule has 0 amide bonds. The van der Waals surface area contributed by atoms with Gasteiger partial charge in [-0.05, 0) is 36.0 Å². The number of aryl methyl sites for hydroxylation is 1. The van der Waals surface area contributed by atoms with Gasteiger partial charge in [0.15, 0.2) is 5.96 Å². The van der Waals surface area contributed by atoms with Crippen molar-refractivity contribution in [2.45, 2.75) is 39.7 Å². The van der Waals surface area contributed by atoms with Crippen LogP contribution in [0.1, 0.15) is 32.8 Å². The van der Waals surface area contributed by atoms with Crippen LogP contribution in [0.15, 0.2) is 29.3 Å². The van der Waals surface area contributed by atoms with Gasteiger partial charge in [0.05, 0.1) is 6.04 Å². The van der Waals surface area contributed by atoms with E-state index in [0.717, 1.165) is 18.5 Å². The van der Waals surface area contributed by atoms with Crippen LogP contribution in [0.25, 0.3) is 0 Å². The molecule has 1 aliphatic rings. The Morgan fingerprint density at radius 3 is 2.82 bits per heavy atom. The lowest BCUT2D eigenvalue weighted by Crippen LogP contribution is -2.23. The molecule has 2 rings (SSSR count). The SMILES string of the molecule is CCc1cccc(NC(N)=N[C@H]2CC2(C)C)c1. The Labute approximate surface area is 103 Å². The maximum Gasteiger partial charge on any atom is 0.193 e. The molecule has 0 bridgehead atoms. The van der Waals surface area contributed by atoms with Crippen LogP contribution < -0.4 is 11.1 Å². The molecule has 17 heavy (non-hydrogen) atoms. The first-order chi connectivity index (χ1) is 8.01. The van der Waals surface area contributed by atoms with E-state index >= 15 is 0 Å². The number of rotatable bonds is 3. The molecule has 0 aliphatic heterocycles. The highest BCUT2D eigenvalue weighted by Gasteiger charge is 2.45. The maximum absolute atomic E-state index is 5.90. The summed E-state index contributed by atoms with van der Waals surface area (Å²) < 4.78 is 0. The van der Waals surface area contributed by atoms with Gasteiger partial charge in [0.2, 0.25) is 0 Å². The van der Waals surface area contributed by atoms with E-state index in [4.69, 9.17) is 5.73 Å². The van der Waals surface area contributed by atoms with Gasteiger partial charge in [0.25, 0.3) is 0 Å². The van der Waals surface area contributed by atoms with Crippen molar-refractivity contribution in [1.29, 1.82) is 0 Å². The molecular weight excluding hydrogens is 210 g/mol. The minimum atomic E-state index is 0.331. The lowest BCUT2D eigenvalue weighted by Gasteiger charge is -2.07. The van der Waals surface area contributed by atoms with Crippen molar-refractivity contribution in [3.63, 3.8) is 0 Å². The fourth-order valence-electron chi connectivity index (χ4n) is 1.88. The number of nitrogens with two attached hydrogens (primary N) is 1. The molecule has 1 saturated carbocycles. The molecule has 3 heteroatoms. The van der Waals surface area contributed by atoms with E-state index in [-0.39, 0.29) is 0 Å². The molecule has 3 nitrogen and oxygen atoms in total. The van der Waals surface area contributed by atoms with E-state index < -0.39 is 0 Å². The largest absolute Gasteiger partial charge is 0.370 e. The minimum Gasteiger partial charge on any atom is -0.370 e. The molecule has 92 valence electrons. The minimum absolute atomic E-state index is 0.331. The summed E-state index contributed by atoms with van der Waals surface area (Å²) >= 11 is 0. The Kier molecular flexibility index (Phi) is 3.09. The quantitative estimate of drug-likeness (QED) is 0.621. The predicted molar refractivity (Wildman–Crippen MR) is 73.3 cm³/mol. The van der Waals surface area contributed by atoms with Gasteiger partial charge in [-0.3, -0.25) is 0 Å². The summed E-state index contributed by atoms with van der Waals surface area (Å²) in [5.74, 6) is 0.522. The number of hydrogen-bond acceptors (Lipinski definition) is 1. The van der Waals surface area contributed by atoms with E-state index in [1.54, 1.807) is 0 Å². The Morgan fingerprint density at radius 2 is 2.24 bits per heavy atom. The summed E-state index contributed by atoms with van der Waals surface area (Å²) in [6.07, 6.45) is 2.16. The zero-order chi connectivity index (χ0) is 12.5. The molecule has 0 saturated heterocycles. The van der Waals surface area contributed by atoms with Crippen molar-refractivity contribution >= 4 is 11.6 Å². The predicted octanol–water partition coefficient (Wildman–Crippen LogP) is 2.77. The molecule has 1 aromatic carbocycles. The van der Waals surface area contributed by atoms with Crippen LogP contribution in [0.5, 0.6) is 0 Å². The maximum atomic E-state index is 5.90. The Hall–Kier alpha value is -1.51. The Bertz CT molecular complexity index is 435. The first kappa shape index (κ1) is 12.0. The smallest absolute Gasteiger partial charge is 0.193 e. The average molecular weight is 231 g/mol. The van der Waals surface area contributed by atoms with E-state index in [9.17, 15) is 0 Å². The Balaban J connectivity index is 2.00. The van der Waals surface area contributed by atoms with E-state index in [1.165, 1.54) is 5.56 Å². The van der Waals surface area contributed by atoms with Gasteiger partial charge in [-0.15, -0.1) is 0 Å². The summed E-state index contributed by atoms with van der Waals surface area (Å²) in [6, 6.07) is 8.65. The topological polar surface area (TPSA) is 50.4 Å². The van der Waals surface area contributed by atoms with Gasteiger partial charge in [-0.25, -0.2) is 4.99 Å². The fourth-order valence-corrected chi connectivity index (χ4v) is 1.88. The molecule has 1 aromatic rings. The molecule has 0 radical (unpaired) electrons. The van der Waals surface area contributed by atoms with Gasteiger partial charge in [-0.1, -0.05) is 32.9 Å². The van der Waals surface area contributed by atoms with Crippen LogP contribution in [-0.2, 0) is 6.42 Å². The number of guanidine groups is 1. The molecule has 0 heterocycles. The van der Waals surface area contributed by atoms with Gasteiger partial charge >= 0.3 is 0 Å². The average Bonchev–Trinajstić information content (AvgIpc) is 2.85. The number of nitrogens with one attached hydrogen (secondary N) is 1. The second-order valence-corrected chi connectivity index (χ2v) is 5.40. The van der Waals surface area contributed by atoms with Gasteiger partial charge < -0.3 is 11.1 Å². The fraction of sp³-hybridized carbons (Fsp3) is 0.500. The monoisotopic (exact) mass is 231 g/mol. The first-order valence-corrected chi connectivity index (χ1v) is 6.20. The van der Waals surface area contributed by atoms with Crippen molar-refractivity contribution in [2.75, 3.05) is 5.32 Å². The lowest BCUT2D eigenvalue weighted by molar-refractivity contribution is 0.618. The zero-order valence-electron chi connectivity index (χ0n) is 10.8. The number of nitrogens with zero attached hydrogens (tertiary/aromatic N) is 1. The highest BCUT2D eigenvalue weighted by Crippen LogP contribution is 2.47. The van der Waals surface area contributed by atoms with E-state index in [2.05, 4.69) is 43.2 Å². The molecule has 0 unspecified atom stereocenters. The molecule has 0 spiro atoms. The first-order valence-electron chi connectivity index (χ1n) is 6.20. The number of benzene rings is 1. The van der Waals surface area contributed by atoms with Crippen molar-refractivity contribution in [3.05, 3.63) is 29.8 Å². The van der Waals surface area contributed by atoms with Crippen molar-refractivity contribution in [2.24, 2.45) is 16.1 Å². The molecular formula is C14H21N3. The molecule has 1 atom stereocenters. The van der Waals surface area contributed by atoms with Crippen LogP contribution in [0.2, 0.25) is 0 Å². The van der Waals surface area contributed by atoms with E-state index in [0.29, 0.717) is 17.4 Å². The summed E-state index contributed by atoms with van der Waals surface area (Å²) in [4.78, 5) is 4.48. The number of aliphatic imine (C=N–C) groups is 1. The number of hydrogen-bond donors (Lipinski definition) is 2. The van der Waals surface area contributed by atoms with Gasteiger partial charge in [0.1, 0.15) is 0 Å². The summed E-state index contributed by atoms with van der Waals surface area (Å²) in [5.41, 5.74) is 8.55. The molecule has 3 N–H and O–H groups in total. The van der Waals surface area contributed by atoms with Gasteiger partial charge in [0, 0.05) is 5.69 Å². The van der Waals surface area contributed by atoms with Crippen LogP contribution >= 0.6 is 0 Å². The normalized spacial score (nSPS) is 22.3. The lowest BCUT2D eigenvalue weighted by atomic mass is 10.1. The van der Waals surface area contributed by atoms with Crippen LogP contribution in [-0.4, -0.2) is 12.0 Å². The van der Waals surface area contributed by atoms with Crippen molar-refractivity contribution < 1.29 is 0 Å². The summed E-state index contributed by atoms with van der Waals surface area (Å²) in [5, 5.41) is 3.15. The van der Waals surface area contributed by atoms with Crippen LogP contribution in [0.3, 0.4) is 0 Å².